The van der Waals surface area contributed by atoms with Crippen molar-refractivity contribution in [3.63, 3.8) is 0 Å². The monoisotopic (exact) mass is 430 g/mol. The van der Waals surface area contributed by atoms with Crippen molar-refractivity contribution in [2.24, 2.45) is 5.92 Å². The second-order valence-electron chi connectivity index (χ2n) is 6.39. The Morgan fingerprint density at radius 2 is 1.79 bits per heavy atom. The van der Waals surface area contributed by atoms with E-state index >= 15 is 0 Å². The maximum atomic E-state index is 13.9. The minimum atomic E-state index is -4.80. The molecule has 1 aromatic carbocycles. The van der Waals surface area contributed by atoms with E-state index in [1.54, 1.807) is 0 Å². The van der Waals surface area contributed by atoms with E-state index in [-0.39, 0.29) is 35.1 Å². The van der Waals surface area contributed by atoms with Crippen molar-refractivity contribution in [2.45, 2.75) is 36.5 Å². The molecule has 1 aliphatic carbocycles. The molecule has 0 saturated heterocycles. The SMILES string of the molecule is O=S(=O)(Nc1ccc(C(F)(F)F)cc1F)c1c[nH]c2c1CCC(C(F)(F)F)C2. The first kappa shape index (κ1) is 20.5. The maximum Gasteiger partial charge on any atom is 0.416 e. The van der Waals surface area contributed by atoms with Gasteiger partial charge in [0.25, 0.3) is 10.0 Å². The topological polar surface area (TPSA) is 62.0 Å². The van der Waals surface area contributed by atoms with Crippen LogP contribution in [-0.4, -0.2) is 19.6 Å². The molecule has 3 rings (SSSR count). The molecule has 1 aliphatic rings. The van der Waals surface area contributed by atoms with Gasteiger partial charge in [-0.05, 0) is 43.0 Å². The van der Waals surface area contributed by atoms with Crippen molar-refractivity contribution >= 4 is 15.7 Å². The summed E-state index contributed by atoms with van der Waals surface area (Å²) in [5.41, 5.74) is -1.72. The molecule has 1 heterocycles. The van der Waals surface area contributed by atoms with Gasteiger partial charge in [0.1, 0.15) is 10.7 Å². The Kier molecular flexibility index (Phi) is 4.89. The highest BCUT2D eigenvalue weighted by Crippen LogP contribution is 2.39. The van der Waals surface area contributed by atoms with Gasteiger partial charge in [-0.1, -0.05) is 0 Å². The molecule has 0 amide bonds. The predicted octanol–water partition coefficient (Wildman–Crippen LogP) is 4.64. The number of aromatic amines is 1. The highest BCUT2D eigenvalue weighted by atomic mass is 32.2. The van der Waals surface area contributed by atoms with Crippen LogP contribution in [0, 0.1) is 11.7 Å². The van der Waals surface area contributed by atoms with Crippen LogP contribution >= 0.6 is 0 Å². The Morgan fingerprint density at radius 3 is 2.36 bits per heavy atom. The summed E-state index contributed by atoms with van der Waals surface area (Å²) in [6.45, 7) is 0. The first-order valence-electron chi connectivity index (χ1n) is 7.94. The molecule has 1 atom stereocenters. The number of hydrogen-bond donors (Lipinski definition) is 2. The molecule has 0 fully saturated rings. The van der Waals surface area contributed by atoms with Crippen LogP contribution in [0.4, 0.5) is 36.4 Å². The lowest BCUT2D eigenvalue weighted by molar-refractivity contribution is -0.177. The van der Waals surface area contributed by atoms with Crippen LogP contribution in [0.1, 0.15) is 23.2 Å². The van der Waals surface area contributed by atoms with Crippen molar-refractivity contribution in [3.8, 4) is 0 Å². The lowest BCUT2D eigenvalue weighted by Crippen LogP contribution is -2.29. The Hall–Kier alpha value is -2.24. The van der Waals surface area contributed by atoms with E-state index in [1.807, 2.05) is 4.72 Å². The lowest BCUT2D eigenvalue weighted by Gasteiger charge is -2.25. The van der Waals surface area contributed by atoms with E-state index in [0.29, 0.717) is 12.1 Å². The van der Waals surface area contributed by atoms with E-state index in [2.05, 4.69) is 4.98 Å². The smallest absolute Gasteiger partial charge is 0.363 e. The zero-order valence-corrected chi connectivity index (χ0v) is 14.7. The minimum Gasteiger partial charge on any atom is -0.363 e. The molecular formula is C16H13F7N2O2S. The molecule has 2 aromatic rings. The first-order valence-corrected chi connectivity index (χ1v) is 9.43. The number of hydrogen-bond acceptors (Lipinski definition) is 2. The van der Waals surface area contributed by atoms with Gasteiger partial charge in [-0.2, -0.15) is 26.3 Å². The number of alkyl halides is 6. The number of rotatable bonds is 3. The van der Waals surface area contributed by atoms with Crippen molar-refractivity contribution in [2.75, 3.05) is 4.72 Å². The van der Waals surface area contributed by atoms with E-state index in [0.717, 1.165) is 6.20 Å². The average molecular weight is 430 g/mol. The number of fused-ring (bicyclic) bond motifs is 1. The number of aromatic nitrogens is 1. The van der Waals surface area contributed by atoms with Gasteiger partial charge in [0.05, 0.1) is 17.2 Å². The molecular weight excluding hydrogens is 417 g/mol. The first-order chi connectivity index (χ1) is 12.8. The fraction of sp³-hybridized carbons (Fsp3) is 0.375. The van der Waals surface area contributed by atoms with Crippen molar-refractivity contribution in [3.05, 3.63) is 47.0 Å². The number of anilines is 1. The average Bonchev–Trinajstić information content (AvgIpc) is 2.99. The number of sulfonamides is 1. The van der Waals surface area contributed by atoms with Crippen LogP contribution in [0.5, 0.6) is 0 Å². The second-order valence-corrected chi connectivity index (χ2v) is 8.04. The molecule has 0 spiro atoms. The third kappa shape index (κ3) is 3.96. The Morgan fingerprint density at radius 1 is 1.11 bits per heavy atom. The molecule has 0 radical (unpaired) electrons. The Balaban J connectivity index is 1.87. The van der Waals surface area contributed by atoms with Gasteiger partial charge in [0, 0.05) is 11.9 Å². The van der Waals surface area contributed by atoms with Crippen LogP contribution in [-0.2, 0) is 29.0 Å². The normalized spacial score (nSPS) is 18.0. The summed E-state index contributed by atoms with van der Waals surface area (Å²) in [5, 5.41) is 0. The van der Waals surface area contributed by atoms with Gasteiger partial charge in [0.15, 0.2) is 0 Å². The fourth-order valence-electron chi connectivity index (χ4n) is 3.09. The third-order valence-electron chi connectivity index (χ3n) is 4.53. The number of H-pyrrole nitrogens is 1. The standard InChI is InChI=1S/C16H13F7N2O2S/c17-11-5-8(15(18,19)20)2-4-12(11)25-28(26,27)14-7-24-13-6-9(16(21,22)23)1-3-10(13)14/h2,4-5,7,9,24-25H,1,3,6H2. The second kappa shape index (κ2) is 6.68. The van der Waals surface area contributed by atoms with Crippen molar-refractivity contribution in [1.82, 2.24) is 4.98 Å². The summed E-state index contributed by atoms with van der Waals surface area (Å²) in [6.07, 6.45) is -9.09. The third-order valence-corrected chi connectivity index (χ3v) is 5.96. The molecule has 2 N–H and O–H groups in total. The van der Waals surface area contributed by atoms with Gasteiger partial charge >= 0.3 is 12.4 Å². The van der Waals surface area contributed by atoms with Gasteiger partial charge < -0.3 is 4.98 Å². The van der Waals surface area contributed by atoms with Crippen molar-refractivity contribution in [1.29, 1.82) is 0 Å². The lowest BCUT2D eigenvalue weighted by atomic mass is 9.87. The maximum absolute atomic E-state index is 13.9. The van der Waals surface area contributed by atoms with Crippen LogP contribution < -0.4 is 4.72 Å². The molecule has 154 valence electrons. The predicted molar refractivity (Wildman–Crippen MR) is 84.6 cm³/mol. The molecule has 12 heteroatoms. The molecule has 1 unspecified atom stereocenters. The van der Waals surface area contributed by atoms with Crippen LogP contribution in [0.3, 0.4) is 0 Å². The highest BCUT2D eigenvalue weighted by molar-refractivity contribution is 7.92. The minimum absolute atomic E-state index is 0.113. The largest absolute Gasteiger partial charge is 0.416 e. The van der Waals surface area contributed by atoms with E-state index in [9.17, 15) is 39.2 Å². The number of benzene rings is 1. The zero-order chi connectivity index (χ0) is 20.9. The van der Waals surface area contributed by atoms with E-state index < -0.39 is 51.8 Å². The van der Waals surface area contributed by atoms with E-state index in [1.165, 1.54) is 0 Å². The van der Waals surface area contributed by atoms with Crippen molar-refractivity contribution < 1.29 is 39.2 Å². The summed E-state index contributed by atoms with van der Waals surface area (Å²) in [5.74, 6) is -3.03. The summed E-state index contributed by atoms with van der Waals surface area (Å²) in [4.78, 5) is 2.14. The van der Waals surface area contributed by atoms with Gasteiger partial charge in [-0.25, -0.2) is 12.8 Å². The van der Waals surface area contributed by atoms with E-state index in [4.69, 9.17) is 0 Å². The summed E-state index contributed by atoms with van der Waals surface area (Å²) in [6, 6.07) is 1.30. The molecule has 0 saturated carbocycles. The zero-order valence-electron chi connectivity index (χ0n) is 13.9. The van der Waals surface area contributed by atoms with Gasteiger partial charge in [-0.3, -0.25) is 4.72 Å². The number of halogens is 7. The van der Waals surface area contributed by atoms with Crippen LogP contribution in [0.2, 0.25) is 0 Å². The fourth-order valence-corrected chi connectivity index (χ4v) is 4.42. The summed E-state index contributed by atoms with van der Waals surface area (Å²) >= 11 is 0. The molecule has 4 nitrogen and oxygen atoms in total. The summed E-state index contributed by atoms with van der Waals surface area (Å²) < 4.78 is 117. The van der Waals surface area contributed by atoms with Gasteiger partial charge in [-0.15, -0.1) is 0 Å². The molecule has 28 heavy (non-hydrogen) atoms. The molecule has 1 aromatic heterocycles. The Labute approximate surface area is 154 Å². The van der Waals surface area contributed by atoms with Gasteiger partial charge in [0.2, 0.25) is 0 Å². The number of nitrogens with one attached hydrogen (secondary N) is 2. The van der Waals surface area contributed by atoms with Crippen LogP contribution in [0.25, 0.3) is 0 Å². The highest BCUT2D eigenvalue weighted by Gasteiger charge is 2.42. The summed E-state index contributed by atoms with van der Waals surface area (Å²) in [7, 11) is -4.42. The van der Waals surface area contributed by atoms with Crippen LogP contribution in [0.15, 0.2) is 29.3 Å². The Bertz CT molecular complexity index is 993. The quantitative estimate of drug-likeness (QED) is 0.697. The molecule has 0 aliphatic heterocycles. The molecule has 0 bridgehead atoms.